The van der Waals surface area contributed by atoms with E-state index in [1.165, 1.54) is 11.3 Å². The number of hydrogen-bond acceptors (Lipinski definition) is 4. The van der Waals surface area contributed by atoms with Gasteiger partial charge in [-0.2, -0.15) is 0 Å². The smallest absolute Gasteiger partial charge is 0.263 e. The quantitative estimate of drug-likeness (QED) is 0.813. The molecule has 1 aromatic heterocycles. The van der Waals surface area contributed by atoms with Gasteiger partial charge in [0.05, 0.1) is 4.88 Å². The van der Waals surface area contributed by atoms with Crippen molar-refractivity contribution in [3.8, 4) is 0 Å². The van der Waals surface area contributed by atoms with Crippen molar-refractivity contribution in [2.75, 3.05) is 13.1 Å². The molecule has 2 atom stereocenters. The maximum Gasteiger partial charge on any atom is 0.263 e. The second kappa shape index (κ2) is 7.76. The average molecular weight is 298 g/mol. The van der Waals surface area contributed by atoms with Crippen molar-refractivity contribution in [1.82, 2.24) is 4.90 Å². The maximum absolute atomic E-state index is 12.2. The Labute approximate surface area is 125 Å². The van der Waals surface area contributed by atoms with E-state index >= 15 is 0 Å². The molecule has 0 saturated carbocycles. The number of aliphatic hydroxyl groups is 1. The molecule has 3 N–H and O–H groups in total. The Kier molecular flexibility index (Phi) is 6.65. The van der Waals surface area contributed by atoms with E-state index in [0.717, 1.165) is 11.3 Å². The Balaban J connectivity index is 2.78. The minimum absolute atomic E-state index is 0.0240. The summed E-state index contributed by atoms with van der Waals surface area (Å²) in [4.78, 5) is 15.4. The molecule has 1 amide bonds. The molecule has 0 fully saturated rings. The van der Waals surface area contributed by atoms with Crippen molar-refractivity contribution in [1.29, 1.82) is 0 Å². The number of rotatable bonds is 7. The normalized spacial score (nSPS) is 14.3. The highest BCUT2D eigenvalue weighted by Crippen LogP contribution is 2.27. The summed E-state index contributed by atoms with van der Waals surface area (Å²) in [6, 6.07) is 3.31. The Morgan fingerprint density at radius 3 is 2.45 bits per heavy atom. The molecule has 4 nitrogen and oxygen atoms in total. The minimum atomic E-state index is -0.694. The second-order valence-corrected chi connectivity index (χ2v) is 6.53. The van der Waals surface area contributed by atoms with Crippen LogP contribution in [0.3, 0.4) is 0 Å². The van der Waals surface area contributed by atoms with Crippen molar-refractivity contribution in [2.24, 2.45) is 11.7 Å². The molecule has 0 aliphatic carbocycles. The first-order chi connectivity index (χ1) is 9.40. The lowest BCUT2D eigenvalue weighted by atomic mass is 9.99. The van der Waals surface area contributed by atoms with Crippen LogP contribution in [0.5, 0.6) is 0 Å². The molecule has 0 bridgehead atoms. The van der Waals surface area contributed by atoms with Crippen LogP contribution >= 0.6 is 11.3 Å². The zero-order valence-electron chi connectivity index (χ0n) is 12.8. The number of nitrogens with two attached hydrogens (primary N) is 1. The molecule has 0 unspecified atom stereocenters. The topological polar surface area (TPSA) is 66.6 Å². The summed E-state index contributed by atoms with van der Waals surface area (Å²) < 4.78 is 0. The van der Waals surface area contributed by atoms with Crippen LogP contribution in [0.15, 0.2) is 12.1 Å². The van der Waals surface area contributed by atoms with E-state index in [1.54, 1.807) is 11.0 Å². The Bertz CT molecular complexity index is 427. The summed E-state index contributed by atoms with van der Waals surface area (Å²) in [5.41, 5.74) is 6.01. The predicted octanol–water partition coefficient (Wildman–Crippen LogP) is 2.64. The van der Waals surface area contributed by atoms with Crippen LogP contribution in [-0.4, -0.2) is 35.0 Å². The maximum atomic E-state index is 12.2. The first-order valence-corrected chi connectivity index (χ1v) is 8.04. The van der Waals surface area contributed by atoms with Crippen LogP contribution in [0.25, 0.3) is 0 Å². The van der Waals surface area contributed by atoms with Gasteiger partial charge in [-0.15, -0.1) is 11.3 Å². The monoisotopic (exact) mass is 298 g/mol. The SMILES string of the molecule is CCN(CC)C(=O)c1ccc([C@@H](O)[C@@H](N)CC(C)C)s1. The fraction of sp³-hybridized carbons (Fsp3) is 0.667. The first kappa shape index (κ1) is 17.1. The molecule has 20 heavy (non-hydrogen) atoms. The van der Waals surface area contributed by atoms with Gasteiger partial charge in [0.2, 0.25) is 0 Å². The van der Waals surface area contributed by atoms with Gasteiger partial charge in [0.25, 0.3) is 5.91 Å². The summed E-state index contributed by atoms with van der Waals surface area (Å²) in [6.45, 7) is 9.47. The minimum Gasteiger partial charge on any atom is -0.386 e. The molecule has 0 saturated heterocycles. The lowest BCUT2D eigenvalue weighted by Crippen LogP contribution is -2.30. The van der Waals surface area contributed by atoms with E-state index in [0.29, 0.717) is 23.9 Å². The predicted molar refractivity (Wildman–Crippen MR) is 84.0 cm³/mol. The summed E-state index contributed by atoms with van der Waals surface area (Å²) in [7, 11) is 0. The molecule has 114 valence electrons. The number of thiophene rings is 1. The fourth-order valence-electron chi connectivity index (χ4n) is 2.18. The molecule has 0 radical (unpaired) electrons. The van der Waals surface area contributed by atoms with Gasteiger partial charge in [0.1, 0.15) is 6.10 Å². The number of carbonyl (C=O) groups excluding carboxylic acids is 1. The van der Waals surface area contributed by atoms with Gasteiger partial charge in [-0.25, -0.2) is 0 Å². The lowest BCUT2D eigenvalue weighted by molar-refractivity contribution is 0.0778. The van der Waals surface area contributed by atoms with Crippen LogP contribution in [0, 0.1) is 5.92 Å². The highest BCUT2D eigenvalue weighted by atomic mass is 32.1. The van der Waals surface area contributed by atoms with Gasteiger partial charge in [0.15, 0.2) is 0 Å². The summed E-state index contributed by atoms with van der Waals surface area (Å²) >= 11 is 1.34. The third-order valence-electron chi connectivity index (χ3n) is 3.33. The summed E-state index contributed by atoms with van der Waals surface area (Å²) in [5.74, 6) is 0.465. The van der Waals surface area contributed by atoms with Crippen molar-refractivity contribution < 1.29 is 9.90 Å². The van der Waals surface area contributed by atoms with E-state index in [9.17, 15) is 9.90 Å². The third-order valence-corrected chi connectivity index (χ3v) is 4.47. The van der Waals surface area contributed by atoms with Gasteiger partial charge in [-0.1, -0.05) is 13.8 Å². The molecule has 1 aromatic rings. The van der Waals surface area contributed by atoms with Crippen LogP contribution in [0.4, 0.5) is 0 Å². The van der Waals surface area contributed by atoms with Crippen molar-refractivity contribution in [2.45, 2.75) is 46.3 Å². The molecule has 0 aromatic carbocycles. The van der Waals surface area contributed by atoms with Gasteiger partial charge < -0.3 is 15.7 Å². The molecule has 0 aliphatic heterocycles. The van der Waals surface area contributed by atoms with E-state index in [4.69, 9.17) is 5.73 Å². The van der Waals surface area contributed by atoms with Crippen molar-refractivity contribution in [3.05, 3.63) is 21.9 Å². The van der Waals surface area contributed by atoms with E-state index in [2.05, 4.69) is 13.8 Å². The number of nitrogens with zero attached hydrogens (tertiary/aromatic N) is 1. The molecular weight excluding hydrogens is 272 g/mol. The Morgan fingerprint density at radius 1 is 1.35 bits per heavy atom. The van der Waals surface area contributed by atoms with Crippen LogP contribution in [0.2, 0.25) is 0 Å². The van der Waals surface area contributed by atoms with E-state index in [-0.39, 0.29) is 11.9 Å². The largest absolute Gasteiger partial charge is 0.386 e. The second-order valence-electron chi connectivity index (χ2n) is 5.42. The zero-order chi connectivity index (χ0) is 15.3. The highest BCUT2D eigenvalue weighted by molar-refractivity contribution is 7.14. The van der Waals surface area contributed by atoms with Crippen LogP contribution in [0.1, 0.15) is 54.8 Å². The van der Waals surface area contributed by atoms with Gasteiger partial charge in [0, 0.05) is 24.0 Å². The number of carbonyl (C=O) groups is 1. The molecule has 1 rings (SSSR count). The fourth-order valence-corrected chi connectivity index (χ4v) is 3.22. The van der Waals surface area contributed by atoms with Crippen molar-refractivity contribution >= 4 is 17.2 Å². The number of aliphatic hydroxyl groups excluding tert-OH is 1. The lowest BCUT2D eigenvalue weighted by Gasteiger charge is -2.19. The molecule has 5 heteroatoms. The molecule has 1 heterocycles. The van der Waals surface area contributed by atoms with E-state index < -0.39 is 6.10 Å². The standard InChI is InChI=1S/C15H26N2O2S/c1-5-17(6-2)15(19)13-8-7-12(20-13)14(18)11(16)9-10(3)4/h7-8,10-11,14,18H,5-6,9,16H2,1-4H3/t11-,14-/m0/s1. The van der Waals surface area contributed by atoms with Gasteiger partial charge in [-0.3, -0.25) is 4.79 Å². The number of hydrogen-bond donors (Lipinski definition) is 2. The highest BCUT2D eigenvalue weighted by Gasteiger charge is 2.22. The third kappa shape index (κ3) is 4.30. The van der Waals surface area contributed by atoms with Crippen LogP contribution in [-0.2, 0) is 0 Å². The Morgan fingerprint density at radius 2 is 1.95 bits per heavy atom. The van der Waals surface area contributed by atoms with Gasteiger partial charge in [-0.05, 0) is 38.3 Å². The summed E-state index contributed by atoms with van der Waals surface area (Å²) in [6.07, 6.45) is 0.0685. The first-order valence-electron chi connectivity index (χ1n) is 7.23. The zero-order valence-corrected chi connectivity index (χ0v) is 13.6. The van der Waals surface area contributed by atoms with Crippen molar-refractivity contribution in [3.63, 3.8) is 0 Å². The number of amides is 1. The average Bonchev–Trinajstić information content (AvgIpc) is 2.87. The van der Waals surface area contributed by atoms with Gasteiger partial charge >= 0.3 is 0 Å². The Hall–Kier alpha value is -0.910. The molecule has 0 spiro atoms. The molecule has 0 aliphatic rings. The summed E-state index contributed by atoms with van der Waals surface area (Å²) in [5, 5.41) is 10.2. The van der Waals surface area contributed by atoms with E-state index in [1.807, 2.05) is 19.9 Å². The van der Waals surface area contributed by atoms with Crippen LogP contribution < -0.4 is 5.73 Å². The molecular formula is C15H26N2O2S.